The molecule has 0 saturated carbocycles. The summed E-state index contributed by atoms with van der Waals surface area (Å²) in [4.78, 5) is 14.7. The molecule has 0 fully saturated rings. The Hall–Kier alpha value is -2.82. The molecule has 1 amide bonds. The molecular formula is C17H17N3O2. The number of carbonyl (C=O) groups is 1. The van der Waals surface area contributed by atoms with Gasteiger partial charge in [-0.25, -0.2) is 0 Å². The molecule has 5 nitrogen and oxygen atoms in total. The molecule has 0 radical (unpaired) electrons. The summed E-state index contributed by atoms with van der Waals surface area (Å²) in [5, 5.41) is 4.26. The summed E-state index contributed by atoms with van der Waals surface area (Å²) in [5.74, 6) is -0.0875. The van der Waals surface area contributed by atoms with Crippen LogP contribution in [-0.2, 0) is 13.6 Å². The highest BCUT2D eigenvalue weighted by atomic mass is 16.3. The van der Waals surface area contributed by atoms with Gasteiger partial charge in [0.25, 0.3) is 5.91 Å². The van der Waals surface area contributed by atoms with Gasteiger partial charge in [-0.05, 0) is 31.2 Å². The van der Waals surface area contributed by atoms with E-state index in [1.807, 2.05) is 43.3 Å². The molecule has 22 heavy (non-hydrogen) atoms. The Balaban J connectivity index is 1.97. The summed E-state index contributed by atoms with van der Waals surface area (Å²) in [7, 11) is 1.78. The fraction of sp³-hybridized carbons (Fsp3) is 0.176. The van der Waals surface area contributed by atoms with E-state index in [-0.39, 0.29) is 5.91 Å². The molecule has 1 aromatic carbocycles. The molecule has 0 atom stereocenters. The zero-order valence-corrected chi connectivity index (χ0v) is 12.6. The number of hydrogen-bond donors (Lipinski definition) is 0. The predicted molar refractivity (Wildman–Crippen MR) is 83.6 cm³/mol. The van der Waals surface area contributed by atoms with Crippen molar-refractivity contribution in [1.29, 1.82) is 0 Å². The van der Waals surface area contributed by atoms with Gasteiger partial charge < -0.3 is 9.32 Å². The molecule has 0 N–H and O–H groups in total. The lowest BCUT2D eigenvalue weighted by Gasteiger charge is -2.22. The largest absolute Gasteiger partial charge is 0.472 e. The Labute approximate surface area is 128 Å². The van der Waals surface area contributed by atoms with Gasteiger partial charge in [-0.3, -0.25) is 9.48 Å². The maximum atomic E-state index is 12.9. The average molecular weight is 295 g/mol. The second-order valence-corrected chi connectivity index (χ2v) is 5.15. The SMILES string of the molecule is Cc1cc(C(=O)N(Cc2ccoc2)c2ccccc2)n(C)n1. The summed E-state index contributed by atoms with van der Waals surface area (Å²) in [6, 6.07) is 13.3. The van der Waals surface area contributed by atoms with Crippen molar-refractivity contribution in [2.75, 3.05) is 4.90 Å². The third-order valence-corrected chi connectivity index (χ3v) is 3.45. The third-order valence-electron chi connectivity index (χ3n) is 3.45. The van der Waals surface area contributed by atoms with Crippen LogP contribution in [0.5, 0.6) is 0 Å². The van der Waals surface area contributed by atoms with Gasteiger partial charge in [0, 0.05) is 18.3 Å². The molecule has 0 spiro atoms. The first-order valence-electron chi connectivity index (χ1n) is 7.04. The first-order chi connectivity index (χ1) is 10.6. The van der Waals surface area contributed by atoms with Crippen LogP contribution in [0.15, 0.2) is 59.4 Å². The minimum absolute atomic E-state index is 0.0875. The van der Waals surface area contributed by atoms with Gasteiger partial charge in [0.15, 0.2) is 0 Å². The molecular weight excluding hydrogens is 278 g/mol. The van der Waals surface area contributed by atoms with Crippen molar-refractivity contribution in [3.63, 3.8) is 0 Å². The Morgan fingerprint density at radius 3 is 2.64 bits per heavy atom. The molecule has 5 heteroatoms. The van der Waals surface area contributed by atoms with Crippen LogP contribution in [0.1, 0.15) is 21.7 Å². The third kappa shape index (κ3) is 2.79. The van der Waals surface area contributed by atoms with Crippen molar-refractivity contribution in [1.82, 2.24) is 9.78 Å². The quantitative estimate of drug-likeness (QED) is 0.743. The Morgan fingerprint density at radius 1 is 1.27 bits per heavy atom. The van der Waals surface area contributed by atoms with E-state index in [2.05, 4.69) is 5.10 Å². The van der Waals surface area contributed by atoms with Crippen molar-refractivity contribution >= 4 is 11.6 Å². The molecule has 112 valence electrons. The molecule has 0 aliphatic rings. The standard InChI is InChI=1S/C17H17N3O2/c1-13-10-16(19(2)18-13)17(21)20(11-14-8-9-22-12-14)15-6-4-3-5-7-15/h3-10,12H,11H2,1-2H3. The number of furan rings is 1. The summed E-state index contributed by atoms with van der Waals surface area (Å²) in [6.07, 6.45) is 3.26. The summed E-state index contributed by atoms with van der Waals surface area (Å²) in [6.45, 7) is 2.32. The highest BCUT2D eigenvalue weighted by molar-refractivity contribution is 6.04. The van der Waals surface area contributed by atoms with Gasteiger partial charge in [-0.1, -0.05) is 18.2 Å². The number of aryl methyl sites for hydroxylation is 2. The monoisotopic (exact) mass is 295 g/mol. The maximum absolute atomic E-state index is 12.9. The molecule has 0 bridgehead atoms. The lowest BCUT2D eigenvalue weighted by Crippen LogP contribution is -2.31. The van der Waals surface area contributed by atoms with E-state index in [1.165, 1.54) is 0 Å². The zero-order valence-electron chi connectivity index (χ0n) is 12.6. The second-order valence-electron chi connectivity index (χ2n) is 5.15. The van der Waals surface area contributed by atoms with Crippen LogP contribution < -0.4 is 4.90 Å². The van der Waals surface area contributed by atoms with Gasteiger partial charge >= 0.3 is 0 Å². The number of benzene rings is 1. The summed E-state index contributed by atoms with van der Waals surface area (Å²) < 4.78 is 6.72. The van der Waals surface area contributed by atoms with Crippen LogP contribution in [0.3, 0.4) is 0 Å². The first-order valence-corrected chi connectivity index (χ1v) is 7.04. The smallest absolute Gasteiger partial charge is 0.276 e. The topological polar surface area (TPSA) is 51.3 Å². The fourth-order valence-electron chi connectivity index (χ4n) is 2.40. The fourth-order valence-corrected chi connectivity index (χ4v) is 2.40. The highest BCUT2D eigenvalue weighted by Crippen LogP contribution is 2.20. The lowest BCUT2D eigenvalue weighted by atomic mass is 10.2. The van der Waals surface area contributed by atoms with E-state index in [4.69, 9.17) is 4.42 Å². The molecule has 3 rings (SSSR count). The number of rotatable bonds is 4. The zero-order chi connectivity index (χ0) is 15.5. The molecule has 2 aromatic heterocycles. The normalized spacial score (nSPS) is 10.6. The minimum atomic E-state index is -0.0875. The number of anilines is 1. The number of amides is 1. The molecule has 2 heterocycles. The van der Waals surface area contributed by atoms with Gasteiger partial charge in [0.1, 0.15) is 5.69 Å². The van der Waals surface area contributed by atoms with E-state index in [9.17, 15) is 4.79 Å². The molecule has 3 aromatic rings. The number of carbonyl (C=O) groups excluding carboxylic acids is 1. The van der Waals surface area contributed by atoms with Crippen LogP contribution in [0.2, 0.25) is 0 Å². The van der Waals surface area contributed by atoms with Crippen molar-refractivity contribution < 1.29 is 9.21 Å². The van der Waals surface area contributed by atoms with Crippen molar-refractivity contribution in [2.24, 2.45) is 7.05 Å². The Kier molecular flexibility index (Phi) is 3.78. The van der Waals surface area contributed by atoms with Gasteiger partial charge in [-0.15, -0.1) is 0 Å². The van der Waals surface area contributed by atoms with Crippen LogP contribution in [-0.4, -0.2) is 15.7 Å². The van der Waals surface area contributed by atoms with Crippen LogP contribution in [0.25, 0.3) is 0 Å². The number of nitrogens with zero attached hydrogens (tertiary/aromatic N) is 3. The Bertz CT molecular complexity index is 761. The number of para-hydroxylation sites is 1. The number of hydrogen-bond acceptors (Lipinski definition) is 3. The highest BCUT2D eigenvalue weighted by Gasteiger charge is 2.21. The molecule has 0 saturated heterocycles. The second kappa shape index (κ2) is 5.89. The van der Waals surface area contributed by atoms with Crippen molar-refractivity contribution in [3.8, 4) is 0 Å². The van der Waals surface area contributed by atoms with E-state index in [0.29, 0.717) is 12.2 Å². The van der Waals surface area contributed by atoms with E-state index < -0.39 is 0 Å². The minimum Gasteiger partial charge on any atom is -0.472 e. The first kappa shape index (κ1) is 14.1. The van der Waals surface area contributed by atoms with Crippen LogP contribution in [0, 0.1) is 6.92 Å². The molecule has 0 aliphatic carbocycles. The van der Waals surface area contributed by atoms with Gasteiger partial charge in [0.05, 0.1) is 24.8 Å². The van der Waals surface area contributed by atoms with E-state index in [0.717, 1.165) is 16.9 Å². The summed E-state index contributed by atoms with van der Waals surface area (Å²) >= 11 is 0. The molecule has 0 unspecified atom stereocenters. The van der Waals surface area contributed by atoms with Crippen molar-refractivity contribution in [2.45, 2.75) is 13.5 Å². The van der Waals surface area contributed by atoms with Gasteiger partial charge in [-0.2, -0.15) is 5.10 Å². The lowest BCUT2D eigenvalue weighted by molar-refractivity contribution is 0.0976. The number of aromatic nitrogens is 2. The predicted octanol–water partition coefficient (Wildman–Crippen LogP) is 3.17. The average Bonchev–Trinajstić information content (AvgIpc) is 3.14. The maximum Gasteiger partial charge on any atom is 0.276 e. The molecule has 0 aliphatic heterocycles. The van der Waals surface area contributed by atoms with Crippen LogP contribution in [0.4, 0.5) is 5.69 Å². The summed E-state index contributed by atoms with van der Waals surface area (Å²) in [5.41, 5.74) is 3.16. The Morgan fingerprint density at radius 2 is 2.05 bits per heavy atom. The van der Waals surface area contributed by atoms with E-state index in [1.54, 1.807) is 35.2 Å². The van der Waals surface area contributed by atoms with Gasteiger partial charge in [0.2, 0.25) is 0 Å². The van der Waals surface area contributed by atoms with E-state index >= 15 is 0 Å². The van der Waals surface area contributed by atoms with Crippen LogP contribution >= 0.6 is 0 Å². The van der Waals surface area contributed by atoms with Crippen molar-refractivity contribution in [3.05, 3.63) is 71.9 Å².